The van der Waals surface area contributed by atoms with Gasteiger partial charge in [-0.15, -0.1) is 0 Å². The normalized spacial score (nSPS) is 13.7. The zero-order valence-electron chi connectivity index (χ0n) is 5.37. The second-order valence-corrected chi connectivity index (χ2v) is 1.72. The topological polar surface area (TPSA) is 58.6 Å². The molecule has 0 aromatic carbocycles. The summed E-state index contributed by atoms with van der Waals surface area (Å²) >= 11 is 0. The first-order valence-electron chi connectivity index (χ1n) is 2.77. The molecule has 1 N–H and O–H groups in total. The van der Waals surface area contributed by atoms with Crippen LogP contribution in [0.5, 0.6) is 0 Å². The Balaban J connectivity index is 2.75. The molecular weight excluding hydrogens is 124 g/mol. The van der Waals surface area contributed by atoms with E-state index in [1.165, 1.54) is 6.92 Å². The Morgan fingerprint density at radius 1 is 1.56 bits per heavy atom. The van der Waals surface area contributed by atoms with E-state index in [1.54, 1.807) is 0 Å². The van der Waals surface area contributed by atoms with Gasteiger partial charge < -0.3 is 4.74 Å². The average molecular weight is 135 g/mol. The zero-order valence-corrected chi connectivity index (χ0v) is 5.37. The van der Waals surface area contributed by atoms with E-state index in [0.717, 1.165) is 0 Å². The lowest BCUT2D eigenvalue weighted by Crippen LogP contribution is -2.11. The largest absolute Gasteiger partial charge is 0.376 e. The molecule has 4 heteroatoms. The highest BCUT2D eigenvalue weighted by atomic mass is 17.1. The van der Waals surface area contributed by atoms with Gasteiger partial charge in [-0.25, -0.2) is 9.99 Å². The molecule has 9 heavy (non-hydrogen) atoms. The molecular formula is C5H11O4. The van der Waals surface area contributed by atoms with Crippen LogP contribution in [0.4, 0.5) is 0 Å². The van der Waals surface area contributed by atoms with Gasteiger partial charge in [0.1, 0.15) is 12.7 Å². The van der Waals surface area contributed by atoms with Crippen LogP contribution in [0.3, 0.4) is 0 Å². The molecule has 1 unspecified atom stereocenters. The first-order valence-corrected chi connectivity index (χ1v) is 2.77. The fraction of sp³-hybridized carbons (Fsp3) is 1.00. The second kappa shape index (κ2) is 5.97. The van der Waals surface area contributed by atoms with Gasteiger partial charge in [0, 0.05) is 0 Å². The van der Waals surface area contributed by atoms with Crippen LogP contribution in [0.2, 0.25) is 0 Å². The van der Waals surface area contributed by atoms with E-state index in [4.69, 9.17) is 9.99 Å². The third kappa shape index (κ3) is 7.84. The van der Waals surface area contributed by atoms with Crippen molar-refractivity contribution in [1.82, 2.24) is 0 Å². The Morgan fingerprint density at radius 2 is 2.22 bits per heavy atom. The molecule has 0 aromatic heterocycles. The summed E-state index contributed by atoms with van der Waals surface area (Å²) in [6.07, 6.45) is -0.705. The zero-order chi connectivity index (χ0) is 7.11. The SMILES string of the molecule is CC([O])COCCOO. The summed E-state index contributed by atoms with van der Waals surface area (Å²) in [6, 6.07) is 0. The van der Waals surface area contributed by atoms with Gasteiger partial charge in [0.2, 0.25) is 0 Å². The van der Waals surface area contributed by atoms with Crippen LogP contribution >= 0.6 is 0 Å². The molecule has 0 aliphatic carbocycles. The summed E-state index contributed by atoms with van der Waals surface area (Å²) in [7, 11) is 0. The van der Waals surface area contributed by atoms with Crippen LogP contribution in [-0.2, 0) is 14.7 Å². The van der Waals surface area contributed by atoms with Crippen LogP contribution in [-0.4, -0.2) is 31.2 Å². The maximum Gasteiger partial charge on any atom is 0.113 e. The van der Waals surface area contributed by atoms with Gasteiger partial charge in [0.15, 0.2) is 0 Å². The van der Waals surface area contributed by atoms with Gasteiger partial charge in [0.05, 0.1) is 13.2 Å². The molecule has 0 saturated carbocycles. The summed E-state index contributed by atoms with van der Waals surface area (Å²) in [4.78, 5) is 3.70. The number of hydrogen-bond acceptors (Lipinski definition) is 3. The maximum absolute atomic E-state index is 10.3. The van der Waals surface area contributed by atoms with Crippen molar-refractivity contribution in [2.45, 2.75) is 13.0 Å². The Hall–Kier alpha value is -0.160. The van der Waals surface area contributed by atoms with E-state index in [0.29, 0.717) is 0 Å². The van der Waals surface area contributed by atoms with E-state index < -0.39 is 6.10 Å². The molecule has 1 radical (unpaired) electrons. The third-order valence-corrected chi connectivity index (χ3v) is 0.672. The molecule has 0 aromatic rings. The minimum absolute atomic E-state index is 0.118. The Morgan fingerprint density at radius 3 is 2.67 bits per heavy atom. The number of rotatable bonds is 5. The number of hydrogen-bond donors (Lipinski definition) is 1. The van der Waals surface area contributed by atoms with E-state index in [1.807, 2.05) is 0 Å². The van der Waals surface area contributed by atoms with Crippen molar-refractivity contribution >= 4 is 0 Å². The first-order chi connectivity index (χ1) is 4.27. The predicted octanol–water partition coefficient (Wildman–Crippen LogP) is 0.312. The highest BCUT2D eigenvalue weighted by molar-refractivity contribution is 4.39. The van der Waals surface area contributed by atoms with Crippen LogP contribution in [0, 0.1) is 0 Å². The average Bonchev–Trinajstić information content (AvgIpc) is 1.80. The van der Waals surface area contributed by atoms with E-state index in [2.05, 4.69) is 4.89 Å². The van der Waals surface area contributed by atoms with Crippen LogP contribution in [0.1, 0.15) is 6.92 Å². The van der Waals surface area contributed by atoms with Gasteiger partial charge in [-0.2, -0.15) is 0 Å². The smallest absolute Gasteiger partial charge is 0.113 e. The van der Waals surface area contributed by atoms with Gasteiger partial charge in [-0.05, 0) is 6.92 Å². The molecule has 0 aliphatic heterocycles. The summed E-state index contributed by atoms with van der Waals surface area (Å²) < 4.78 is 4.74. The molecule has 0 bridgehead atoms. The van der Waals surface area contributed by atoms with Crippen LogP contribution in [0.15, 0.2) is 0 Å². The van der Waals surface area contributed by atoms with Gasteiger partial charge >= 0.3 is 0 Å². The molecule has 0 spiro atoms. The minimum atomic E-state index is -0.705. The summed E-state index contributed by atoms with van der Waals surface area (Å²) in [6.45, 7) is 2.07. The van der Waals surface area contributed by atoms with Crippen molar-refractivity contribution in [3.05, 3.63) is 0 Å². The van der Waals surface area contributed by atoms with Crippen LogP contribution < -0.4 is 0 Å². The monoisotopic (exact) mass is 135 g/mol. The minimum Gasteiger partial charge on any atom is -0.376 e. The quantitative estimate of drug-likeness (QED) is 0.335. The summed E-state index contributed by atoms with van der Waals surface area (Å²) in [5, 5.41) is 18.0. The third-order valence-electron chi connectivity index (χ3n) is 0.672. The van der Waals surface area contributed by atoms with Gasteiger partial charge in [-0.1, -0.05) is 0 Å². The van der Waals surface area contributed by atoms with Crippen molar-refractivity contribution in [2.24, 2.45) is 0 Å². The predicted molar refractivity (Wildman–Crippen MR) is 29.5 cm³/mol. The molecule has 1 atom stereocenters. The van der Waals surface area contributed by atoms with Crippen molar-refractivity contribution in [3.8, 4) is 0 Å². The molecule has 0 heterocycles. The molecule has 4 nitrogen and oxygen atoms in total. The fourth-order valence-electron chi connectivity index (χ4n) is 0.345. The molecule has 0 saturated heterocycles. The molecule has 0 amide bonds. The highest BCUT2D eigenvalue weighted by Gasteiger charge is 1.95. The van der Waals surface area contributed by atoms with E-state index >= 15 is 0 Å². The van der Waals surface area contributed by atoms with Crippen molar-refractivity contribution in [2.75, 3.05) is 19.8 Å². The Bertz CT molecular complexity index is 54.9. The molecule has 0 rings (SSSR count). The lowest BCUT2D eigenvalue weighted by Gasteiger charge is -2.01. The highest BCUT2D eigenvalue weighted by Crippen LogP contribution is 1.82. The maximum atomic E-state index is 10.3. The van der Waals surface area contributed by atoms with Gasteiger partial charge in [-0.3, -0.25) is 5.26 Å². The summed E-state index contributed by atoms with van der Waals surface area (Å²) in [5.41, 5.74) is 0. The first kappa shape index (κ1) is 8.84. The van der Waals surface area contributed by atoms with Gasteiger partial charge in [0.25, 0.3) is 0 Å². The lowest BCUT2D eigenvalue weighted by atomic mass is 10.4. The molecule has 55 valence electrons. The van der Waals surface area contributed by atoms with Crippen molar-refractivity contribution < 1.29 is 20.0 Å². The second-order valence-electron chi connectivity index (χ2n) is 1.72. The molecule has 0 fully saturated rings. The van der Waals surface area contributed by atoms with E-state index in [-0.39, 0.29) is 19.8 Å². The molecule has 0 aliphatic rings. The number of ether oxygens (including phenoxy) is 1. The summed E-state index contributed by atoms with van der Waals surface area (Å²) in [5.74, 6) is 0. The lowest BCUT2D eigenvalue weighted by molar-refractivity contribution is -0.249. The van der Waals surface area contributed by atoms with Crippen molar-refractivity contribution in [1.29, 1.82) is 0 Å². The fourth-order valence-corrected chi connectivity index (χ4v) is 0.345. The van der Waals surface area contributed by atoms with E-state index in [9.17, 15) is 5.11 Å². The Kier molecular flexibility index (Phi) is 5.86. The Labute approximate surface area is 53.9 Å². The standard InChI is InChI=1S/C5H11O4/c1-5(6)4-8-2-3-9-7/h5,7H,2-4H2,1H3. The van der Waals surface area contributed by atoms with Crippen molar-refractivity contribution in [3.63, 3.8) is 0 Å². The van der Waals surface area contributed by atoms with Crippen LogP contribution in [0.25, 0.3) is 0 Å².